The number of hydrogen-bond acceptors (Lipinski definition) is 1. The average Bonchev–Trinajstić information content (AvgIpc) is 2.64. The fourth-order valence-corrected chi connectivity index (χ4v) is 1.30. The summed E-state index contributed by atoms with van der Waals surface area (Å²) in [6, 6.07) is 4.12. The first-order valence-corrected chi connectivity index (χ1v) is 4.68. The minimum atomic E-state index is 1.08. The largest absolute Gasteiger partial charge is 0.318 e. The molecule has 2 aromatic heterocycles. The van der Waals surface area contributed by atoms with Gasteiger partial charge in [0.25, 0.3) is 0 Å². The topological polar surface area (TPSA) is 17.3 Å². The minimum absolute atomic E-state index is 1.08. The highest BCUT2D eigenvalue weighted by Crippen LogP contribution is 2.09. The molecule has 0 aromatic carbocycles. The number of rotatable bonds is 0. The molecule has 0 aliphatic heterocycles. The maximum absolute atomic E-state index is 4.26. The van der Waals surface area contributed by atoms with Crippen molar-refractivity contribution in [2.45, 2.75) is 27.7 Å². The van der Waals surface area contributed by atoms with Crippen LogP contribution < -0.4 is 0 Å². The number of aryl methyl sites for hydroxylation is 2. The van der Waals surface area contributed by atoms with Gasteiger partial charge in [-0.15, -0.1) is 0 Å². The first kappa shape index (κ1) is 9.78. The van der Waals surface area contributed by atoms with Gasteiger partial charge in [-0.05, 0) is 26.0 Å². The zero-order chi connectivity index (χ0) is 9.84. The summed E-state index contributed by atoms with van der Waals surface area (Å²) in [6.07, 6.45) is 3.95. The lowest BCUT2D eigenvalue weighted by molar-refractivity contribution is 1.03. The van der Waals surface area contributed by atoms with E-state index in [1.165, 1.54) is 11.2 Å². The summed E-state index contributed by atoms with van der Waals surface area (Å²) in [5, 5.41) is 0. The monoisotopic (exact) mass is 176 g/mol. The quantitative estimate of drug-likeness (QED) is 0.603. The smallest absolute Gasteiger partial charge is 0.0666 e. The van der Waals surface area contributed by atoms with E-state index in [2.05, 4.69) is 28.6 Å². The van der Waals surface area contributed by atoms with Crippen molar-refractivity contribution in [2.75, 3.05) is 0 Å². The molecule has 0 atom stereocenters. The Morgan fingerprint density at radius 2 is 1.92 bits per heavy atom. The van der Waals surface area contributed by atoms with Gasteiger partial charge in [-0.25, -0.2) is 0 Å². The molecule has 2 heterocycles. The van der Waals surface area contributed by atoms with Crippen LogP contribution in [0.3, 0.4) is 0 Å². The molecule has 0 spiro atoms. The molecule has 2 heteroatoms. The van der Waals surface area contributed by atoms with Crippen molar-refractivity contribution < 1.29 is 0 Å². The first-order chi connectivity index (χ1) is 6.29. The summed E-state index contributed by atoms with van der Waals surface area (Å²) in [4.78, 5) is 4.26. The van der Waals surface area contributed by atoms with E-state index in [1.54, 1.807) is 0 Å². The van der Waals surface area contributed by atoms with E-state index in [0.717, 1.165) is 5.69 Å². The van der Waals surface area contributed by atoms with Gasteiger partial charge in [0.05, 0.1) is 11.2 Å². The van der Waals surface area contributed by atoms with Gasteiger partial charge in [-0.2, -0.15) is 0 Å². The van der Waals surface area contributed by atoms with Crippen LogP contribution in [0.5, 0.6) is 0 Å². The van der Waals surface area contributed by atoms with Crippen LogP contribution in [0.25, 0.3) is 5.52 Å². The molecule has 70 valence electrons. The van der Waals surface area contributed by atoms with Gasteiger partial charge in [0.1, 0.15) is 0 Å². The number of fused-ring (bicyclic) bond motifs is 1. The average molecular weight is 176 g/mol. The van der Waals surface area contributed by atoms with E-state index in [0.29, 0.717) is 0 Å². The number of aromatic nitrogens is 2. The Kier molecular flexibility index (Phi) is 3.07. The predicted octanol–water partition coefficient (Wildman–Crippen LogP) is 2.98. The Labute approximate surface area is 79.2 Å². The molecule has 0 aliphatic rings. The molecule has 0 aliphatic carbocycles. The maximum Gasteiger partial charge on any atom is 0.0666 e. The van der Waals surface area contributed by atoms with E-state index in [1.807, 2.05) is 33.0 Å². The summed E-state index contributed by atoms with van der Waals surface area (Å²) in [5.41, 5.74) is 3.46. The molecule has 0 radical (unpaired) electrons. The highest BCUT2D eigenvalue weighted by atomic mass is 14.9. The molecule has 0 unspecified atom stereocenters. The van der Waals surface area contributed by atoms with Crippen molar-refractivity contribution in [1.29, 1.82) is 0 Å². The molecule has 2 rings (SSSR count). The van der Waals surface area contributed by atoms with Gasteiger partial charge < -0.3 is 4.40 Å². The molecule has 0 saturated heterocycles. The van der Waals surface area contributed by atoms with E-state index in [9.17, 15) is 0 Å². The zero-order valence-corrected chi connectivity index (χ0v) is 8.70. The van der Waals surface area contributed by atoms with E-state index < -0.39 is 0 Å². The third-order valence-electron chi connectivity index (χ3n) is 1.94. The molecule has 13 heavy (non-hydrogen) atoms. The van der Waals surface area contributed by atoms with E-state index >= 15 is 0 Å². The van der Waals surface area contributed by atoms with Crippen LogP contribution >= 0.6 is 0 Å². The highest BCUT2D eigenvalue weighted by molar-refractivity contribution is 5.52. The van der Waals surface area contributed by atoms with Gasteiger partial charge in [0.15, 0.2) is 0 Å². The van der Waals surface area contributed by atoms with Crippen molar-refractivity contribution in [3.05, 3.63) is 35.9 Å². The second-order valence-electron chi connectivity index (χ2n) is 2.75. The molecular weight excluding hydrogens is 160 g/mol. The standard InChI is InChI=1S/C9H10N2.C2H6/c1-7-6-10-8(2)9-4-3-5-11(7)9;1-2/h3-6H,1-2H3;1-2H3. The predicted molar refractivity (Wildman–Crippen MR) is 56.0 cm³/mol. The summed E-state index contributed by atoms with van der Waals surface area (Å²) in [5.74, 6) is 0. The first-order valence-electron chi connectivity index (χ1n) is 4.68. The van der Waals surface area contributed by atoms with Gasteiger partial charge in [0.2, 0.25) is 0 Å². The van der Waals surface area contributed by atoms with Crippen molar-refractivity contribution in [1.82, 2.24) is 9.38 Å². The molecule has 0 bridgehead atoms. The Bertz CT molecular complexity index is 352. The second-order valence-corrected chi connectivity index (χ2v) is 2.75. The Morgan fingerprint density at radius 3 is 2.54 bits per heavy atom. The molecule has 0 N–H and O–H groups in total. The molecule has 2 nitrogen and oxygen atoms in total. The summed E-state index contributed by atoms with van der Waals surface area (Å²) in [7, 11) is 0. The third-order valence-corrected chi connectivity index (χ3v) is 1.94. The number of nitrogens with zero attached hydrogens (tertiary/aromatic N) is 2. The fourth-order valence-electron chi connectivity index (χ4n) is 1.30. The van der Waals surface area contributed by atoms with Crippen LogP contribution in [0.2, 0.25) is 0 Å². The lowest BCUT2D eigenvalue weighted by Crippen LogP contribution is -1.93. The second kappa shape index (κ2) is 4.08. The lowest BCUT2D eigenvalue weighted by atomic mass is 10.3. The highest BCUT2D eigenvalue weighted by Gasteiger charge is 1.97. The van der Waals surface area contributed by atoms with Crippen LogP contribution in [0.1, 0.15) is 25.2 Å². The Hall–Kier alpha value is -1.31. The van der Waals surface area contributed by atoms with Crippen LogP contribution in [0, 0.1) is 13.8 Å². The van der Waals surface area contributed by atoms with Crippen molar-refractivity contribution in [3.63, 3.8) is 0 Å². The van der Waals surface area contributed by atoms with Gasteiger partial charge in [-0.1, -0.05) is 13.8 Å². The van der Waals surface area contributed by atoms with Crippen molar-refractivity contribution in [2.24, 2.45) is 0 Å². The van der Waals surface area contributed by atoms with Gasteiger partial charge in [0, 0.05) is 18.1 Å². The SMILES string of the molecule is CC.Cc1ncc(C)n2cccc12. The van der Waals surface area contributed by atoms with Crippen molar-refractivity contribution in [3.8, 4) is 0 Å². The summed E-state index contributed by atoms with van der Waals surface area (Å²) >= 11 is 0. The van der Waals surface area contributed by atoms with E-state index in [4.69, 9.17) is 0 Å². The molecule has 0 saturated carbocycles. The zero-order valence-electron chi connectivity index (χ0n) is 8.70. The van der Waals surface area contributed by atoms with Gasteiger partial charge >= 0.3 is 0 Å². The normalized spacial score (nSPS) is 9.54. The molecular formula is C11H16N2. The van der Waals surface area contributed by atoms with Crippen LogP contribution in [-0.2, 0) is 0 Å². The molecule has 0 fully saturated rings. The Balaban J connectivity index is 0.000000396. The maximum atomic E-state index is 4.26. The fraction of sp³-hybridized carbons (Fsp3) is 0.364. The third kappa shape index (κ3) is 1.72. The molecule has 0 amide bonds. The summed E-state index contributed by atoms with van der Waals surface area (Å²) < 4.78 is 2.14. The van der Waals surface area contributed by atoms with E-state index in [-0.39, 0.29) is 0 Å². The van der Waals surface area contributed by atoms with Crippen LogP contribution in [-0.4, -0.2) is 9.38 Å². The minimum Gasteiger partial charge on any atom is -0.318 e. The van der Waals surface area contributed by atoms with Crippen LogP contribution in [0.4, 0.5) is 0 Å². The Morgan fingerprint density at radius 1 is 1.23 bits per heavy atom. The van der Waals surface area contributed by atoms with Gasteiger partial charge in [-0.3, -0.25) is 4.98 Å². The van der Waals surface area contributed by atoms with Crippen molar-refractivity contribution >= 4 is 5.52 Å². The summed E-state index contributed by atoms with van der Waals surface area (Å²) in [6.45, 7) is 8.08. The lowest BCUT2D eigenvalue weighted by Gasteiger charge is -2.01. The van der Waals surface area contributed by atoms with Crippen LogP contribution in [0.15, 0.2) is 24.5 Å². The number of hydrogen-bond donors (Lipinski definition) is 0. The molecule has 2 aromatic rings.